The van der Waals surface area contributed by atoms with Gasteiger partial charge in [0, 0.05) is 12.8 Å². The van der Waals surface area contributed by atoms with Crippen LogP contribution >= 0.6 is 0 Å². The van der Waals surface area contributed by atoms with Gasteiger partial charge >= 0.3 is 5.97 Å². The van der Waals surface area contributed by atoms with Gasteiger partial charge in [0.25, 0.3) is 0 Å². The van der Waals surface area contributed by atoms with Crippen LogP contribution in [0, 0.1) is 11.8 Å². The fourth-order valence-corrected chi connectivity index (χ4v) is 2.76. The largest absolute Gasteiger partial charge is 0.458 e. The molecule has 0 saturated heterocycles. The zero-order valence-electron chi connectivity index (χ0n) is 13.7. The number of ether oxygens (including phenoxy) is 1. The molecule has 1 aliphatic carbocycles. The van der Waals surface area contributed by atoms with Gasteiger partial charge in [-0.1, -0.05) is 25.5 Å². The quantitative estimate of drug-likeness (QED) is 0.607. The first-order chi connectivity index (χ1) is 9.72. The summed E-state index contributed by atoms with van der Waals surface area (Å²) in [5.74, 6) is 0.193. The predicted molar refractivity (Wildman–Crippen MR) is 82.6 cm³/mol. The first kappa shape index (κ1) is 17.9. The van der Waals surface area contributed by atoms with E-state index in [1.807, 2.05) is 26.0 Å². The first-order valence-corrected chi connectivity index (χ1v) is 7.59. The Morgan fingerprint density at radius 2 is 1.95 bits per heavy atom. The molecule has 0 amide bonds. The molecule has 0 fully saturated rings. The minimum atomic E-state index is -0.841. The minimum absolute atomic E-state index is 0.154. The molecule has 0 bridgehead atoms. The van der Waals surface area contributed by atoms with Gasteiger partial charge in [0.2, 0.25) is 0 Å². The van der Waals surface area contributed by atoms with E-state index in [4.69, 9.17) is 4.74 Å². The van der Waals surface area contributed by atoms with E-state index in [1.165, 1.54) is 6.92 Å². The number of hydrogen-bond donors (Lipinski definition) is 2. The fraction of sp³-hybridized carbons (Fsp3) is 0.706. The molecule has 1 rings (SSSR count). The van der Waals surface area contributed by atoms with Crippen LogP contribution in [0.15, 0.2) is 23.3 Å². The second kappa shape index (κ2) is 7.76. The van der Waals surface area contributed by atoms with E-state index < -0.39 is 12.2 Å². The van der Waals surface area contributed by atoms with Crippen molar-refractivity contribution in [3.8, 4) is 0 Å². The smallest absolute Gasteiger partial charge is 0.303 e. The summed E-state index contributed by atoms with van der Waals surface area (Å²) >= 11 is 0. The van der Waals surface area contributed by atoms with Crippen molar-refractivity contribution in [3.05, 3.63) is 23.3 Å². The van der Waals surface area contributed by atoms with Gasteiger partial charge in [-0.05, 0) is 44.3 Å². The summed E-state index contributed by atoms with van der Waals surface area (Å²) in [4.78, 5) is 11.4. The normalized spacial score (nSPS) is 31.4. The van der Waals surface area contributed by atoms with Crippen LogP contribution in [0.3, 0.4) is 0 Å². The molecule has 21 heavy (non-hydrogen) atoms. The van der Waals surface area contributed by atoms with Crippen LogP contribution in [0.25, 0.3) is 0 Å². The number of carbonyl (C=O) groups excluding carboxylic acids is 1. The molecule has 1 aliphatic rings. The van der Waals surface area contributed by atoms with Gasteiger partial charge in [-0.3, -0.25) is 4.79 Å². The molecular formula is C17H28O4. The van der Waals surface area contributed by atoms with Crippen molar-refractivity contribution in [3.63, 3.8) is 0 Å². The molecule has 0 aromatic carbocycles. The SMILES string of the molecule is CC(=O)OC1C=C(C)CC(O)C(O)C(C)=CCC1C(C)C. The Hall–Kier alpha value is -1.13. The number of rotatable bonds is 2. The van der Waals surface area contributed by atoms with Crippen LogP contribution in [0.4, 0.5) is 0 Å². The summed E-state index contributed by atoms with van der Waals surface area (Å²) < 4.78 is 5.48. The lowest BCUT2D eigenvalue weighted by molar-refractivity contribution is -0.147. The lowest BCUT2D eigenvalue weighted by atomic mass is 9.83. The van der Waals surface area contributed by atoms with Crippen molar-refractivity contribution >= 4 is 5.97 Å². The highest BCUT2D eigenvalue weighted by molar-refractivity contribution is 5.66. The standard InChI is InChI=1S/C17H28O4/c1-10(2)14-7-6-12(4)17(20)15(19)8-11(3)9-16(14)21-13(5)18/h6,9-10,14-17,19-20H,7-8H2,1-5H3. The highest BCUT2D eigenvalue weighted by Gasteiger charge is 2.27. The summed E-state index contributed by atoms with van der Waals surface area (Å²) in [6, 6.07) is 0. The molecule has 0 saturated carbocycles. The monoisotopic (exact) mass is 296 g/mol. The van der Waals surface area contributed by atoms with Crippen LogP contribution in [-0.2, 0) is 9.53 Å². The van der Waals surface area contributed by atoms with Gasteiger partial charge in [-0.2, -0.15) is 0 Å². The lowest BCUT2D eigenvalue weighted by Crippen LogP contribution is -2.31. The molecule has 0 aliphatic heterocycles. The Morgan fingerprint density at radius 1 is 1.33 bits per heavy atom. The molecular weight excluding hydrogens is 268 g/mol. The van der Waals surface area contributed by atoms with E-state index >= 15 is 0 Å². The third kappa shape index (κ3) is 5.29. The molecule has 0 radical (unpaired) electrons. The topological polar surface area (TPSA) is 66.8 Å². The lowest BCUT2D eigenvalue weighted by Gasteiger charge is -2.29. The van der Waals surface area contributed by atoms with E-state index in [0.717, 1.165) is 11.1 Å². The van der Waals surface area contributed by atoms with E-state index in [0.29, 0.717) is 18.8 Å². The maximum absolute atomic E-state index is 11.4. The van der Waals surface area contributed by atoms with Crippen molar-refractivity contribution in [1.29, 1.82) is 0 Å². The molecule has 0 aromatic rings. The maximum Gasteiger partial charge on any atom is 0.303 e. The molecule has 4 nitrogen and oxygen atoms in total. The molecule has 2 N–H and O–H groups in total. The van der Waals surface area contributed by atoms with E-state index in [-0.39, 0.29) is 18.0 Å². The second-order valence-corrected chi connectivity index (χ2v) is 6.40. The van der Waals surface area contributed by atoms with E-state index in [2.05, 4.69) is 13.8 Å². The number of esters is 1. The Balaban J connectivity index is 3.13. The summed E-state index contributed by atoms with van der Waals surface area (Å²) in [5.41, 5.74) is 1.69. The Bertz CT molecular complexity index is 423. The fourth-order valence-electron chi connectivity index (χ4n) is 2.76. The molecule has 0 heterocycles. The van der Waals surface area contributed by atoms with Gasteiger partial charge in [-0.25, -0.2) is 0 Å². The molecule has 4 atom stereocenters. The molecule has 4 unspecified atom stereocenters. The van der Waals surface area contributed by atoms with Crippen molar-refractivity contribution in [1.82, 2.24) is 0 Å². The van der Waals surface area contributed by atoms with E-state index in [1.54, 1.807) is 0 Å². The molecule has 4 heteroatoms. The third-order valence-electron chi connectivity index (χ3n) is 4.10. The number of carbonyl (C=O) groups is 1. The summed E-state index contributed by atoms with van der Waals surface area (Å²) in [5, 5.41) is 20.1. The van der Waals surface area contributed by atoms with Crippen molar-refractivity contribution < 1.29 is 19.7 Å². The predicted octanol–water partition coefficient (Wildman–Crippen LogP) is 2.60. The van der Waals surface area contributed by atoms with Crippen LogP contribution in [-0.4, -0.2) is 34.5 Å². The summed E-state index contributed by atoms with van der Waals surface area (Å²) in [6.45, 7) is 9.34. The van der Waals surface area contributed by atoms with Gasteiger partial charge in [0.15, 0.2) is 0 Å². The highest BCUT2D eigenvalue weighted by atomic mass is 16.5. The number of aliphatic hydroxyl groups excluding tert-OH is 2. The first-order valence-electron chi connectivity index (χ1n) is 7.59. The van der Waals surface area contributed by atoms with Gasteiger partial charge in [0.1, 0.15) is 12.2 Å². The van der Waals surface area contributed by atoms with Crippen molar-refractivity contribution in [2.24, 2.45) is 11.8 Å². The Morgan fingerprint density at radius 3 is 2.48 bits per heavy atom. The highest BCUT2D eigenvalue weighted by Crippen LogP contribution is 2.28. The van der Waals surface area contributed by atoms with Crippen LogP contribution < -0.4 is 0 Å². The van der Waals surface area contributed by atoms with Gasteiger partial charge in [0.05, 0.1) is 6.10 Å². The Labute approximate surface area is 127 Å². The summed E-state index contributed by atoms with van der Waals surface area (Å²) in [6.07, 6.45) is 2.97. The average Bonchev–Trinajstić information content (AvgIpc) is 2.35. The molecule has 0 spiro atoms. The second-order valence-electron chi connectivity index (χ2n) is 6.40. The number of allylic oxidation sites excluding steroid dienone is 1. The summed E-state index contributed by atoms with van der Waals surface area (Å²) in [7, 11) is 0. The van der Waals surface area contributed by atoms with Crippen LogP contribution in [0.5, 0.6) is 0 Å². The molecule has 0 aromatic heterocycles. The van der Waals surface area contributed by atoms with Crippen molar-refractivity contribution in [2.45, 2.75) is 65.8 Å². The van der Waals surface area contributed by atoms with Gasteiger partial charge in [-0.15, -0.1) is 0 Å². The van der Waals surface area contributed by atoms with Crippen LogP contribution in [0.2, 0.25) is 0 Å². The zero-order chi connectivity index (χ0) is 16.2. The zero-order valence-corrected chi connectivity index (χ0v) is 13.7. The number of hydrogen-bond acceptors (Lipinski definition) is 4. The Kier molecular flexibility index (Phi) is 6.62. The molecule has 120 valence electrons. The van der Waals surface area contributed by atoms with E-state index in [9.17, 15) is 15.0 Å². The van der Waals surface area contributed by atoms with Crippen LogP contribution in [0.1, 0.15) is 47.5 Å². The average molecular weight is 296 g/mol. The van der Waals surface area contributed by atoms with Crippen molar-refractivity contribution in [2.75, 3.05) is 0 Å². The minimum Gasteiger partial charge on any atom is -0.458 e. The third-order valence-corrected chi connectivity index (χ3v) is 4.10. The maximum atomic E-state index is 11.4. The number of aliphatic hydroxyl groups is 2. The van der Waals surface area contributed by atoms with Gasteiger partial charge < -0.3 is 14.9 Å².